The summed E-state index contributed by atoms with van der Waals surface area (Å²) in [5.74, 6) is 1.30. The van der Waals surface area contributed by atoms with E-state index in [4.69, 9.17) is 23.2 Å². The van der Waals surface area contributed by atoms with E-state index in [9.17, 15) is 4.21 Å². The summed E-state index contributed by atoms with van der Waals surface area (Å²) in [7, 11) is -1.07. The summed E-state index contributed by atoms with van der Waals surface area (Å²) in [4.78, 5) is 0.667. The van der Waals surface area contributed by atoms with Crippen LogP contribution >= 0.6 is 23.2 Å². The third kappa shape index (κ3) is 4.95. The zero-order chi connectivity index (χ0) is 15.2. The highest BCUT2D eigenvalue weighted by Gasteiger charge is 2.27. The standard InChI is InChI=1S/C16H23Cl2NOS/c1-2-9-19-15-5-3-4-12(15)8-10-21(20)16-11-13(17)6-7-14(16)18/h6-7,11-12,15,19H,2-5,8-10H2,1H3. The van der Waals surface area contributed by atoms with Gasteiger partial charge < -0.3 is 5.32 Å². The van der Waals surface area contributed by atoms with Crippen molar-refractivity contribution in [2.75, 3.05) is 12.3 Å². The summed E-state index contributed by atoms with van der Waals surface area (Å²) in [6.45, 7) is 3.26. The first-order chi connectivity index (χ1) is 10.1. The van der Waals surface area contributed by atoms with Gasteiger partial charge in [0.2, 0.25) is 0 Å². The number of hydrogen-bond donors (Lipinski definition) is 1. The largest absolute Gasteiger partial charge is 0.314 e. The van der Waals surface area contributed by atoms with Crippen molar-refractivity contribution in [2.24, 2.45) is 5.92 Å². The molecule has 118 valence electrons. The molecule has 21 heavy (non-hydrogen) atoms. The van der Waals surface area contributed by atoms with Crippen LogP contribution in [-0.2, 0) is 10.8 Å². The molecule has 0 bridgehead atoms. The molecule has 1 N–H and O–H groups in total. The van der Waals surface area contributed by atoms with Crippen LogP contribution in [0.2, 0.25) is 10.0 Å². The topological polar surface area (TPSA) is 29.1 Å². The minimum Gasteiger partial charge on any atom is -0.314 e. The van der Waals surface area contributed by atoms with E-state index in [-0.39, 0.29) is 0 Å². The summed E-state index contributed by atoms with van der Waals surface area (Å²) >= 11 is 12.1. The summed E-state index contributed by atoms with van der Waals surface area (Å²) in [6, 6.07) is 5.77. The van der Waals surface area contributed by atoms with Crippen LogP contribution in [0.1, 0.15) is 39.0 Å². The van der Waals surface area contributed by atoms with E-state index >= 15 is 0 Å². The molecule has 1 fully saturated rings. The summed E-state index contributed by atoms with van der Waals surface area (Å²) in [6.07, 6.45) is 5.90. The Labute approximate surface area is 140 Å². The fourth-order valence-corrected chi connectivity index (χ4v) is 4.89. The fourth-order valence-electron chi connectivity index (χ4n) is 3.00. The molecule has 0 saturated heterocycles. The van der Waals surface area contributed by atoms with Crippen molar-refractivity contribution in [1.29, 1.82) is 0 Å². The van der Waals surface area contributed by atoms with E-state index < -0.39 is 10.8 Å². The lowest BCUT2D eigenvalue weighted by Crippen LogP contribution is -2.33. The van der Waals surface area contributed by atoms with Gasteiger partial charge in [0, 0.05) is 16.8 Å². The van der Waals surface area contributed by atoms with Crippen molar-refractivity contribution in [1.82, 2.24) is 5.32 Å². The smallest absolute Gasteiger partial charge is 0.0589 e. The van der Waals surface area contributed by atoms with Crippen LogP contribution in [0, 0.1) is 5.92 Å². The molecule has 2 rings (SSSR count). The van der Waals surface area contributed by atoms with Crippen molar-refractivity contribution < 1.29 is 4.21 Å². The first-order valence-electron chi connectivity index (χ1n) is 7.68. The molecule has 0 heterocycles. The third-order valence-electron chi connectivity index (χ3n) is 4.13. The maximum Gasteiger partial charge on any atom is 0.0589 e. The molecule has 3 atom stereocenters. The van der Waals surface area contributed by atoms with E-state index in [2.05, 4.69) is 12.2 Å². The number of hydrogen-bond acceptors (Lipinski definition) is 2. The highest BCUT2D eigenvalue weighted by atomic mass is 35.5. The first kappa shape index (κ1) is 17.3. The van der Waals surface area contributed by atoms with Gasteiger partial charge in [0.25, 0.3) is 0 Å². The zero-order valence-corrected chi connectivity index (χ0v) is 14.7. The van der Waals surface area contributed by atoms with Gasteiger partial charge in [-0.3, -0.25) is 4.21 Å². The van der Waals surface area contributed by atoms with Crippen LogP contribution in [0.3, 0.4) is 0 Å². The van der Waals surface area contributed by atoms with E-state index in [1.54, 1.807) is 18.2 Å². The minimum absolute atomic E-state index is 0.546. The van der Waals surface area contributed by atoms with Crippen molar-refractivity contribution >= 4 is 34.0 Å². The zero-order valence-electron chi connectivity index (χ0n) is 12.4. The van der Waals surface area contributed by atoms with E-state index in [1.165, 1.54) is 19.3 Å². The molecule has 1 aliphatic carbocycles. The molecule has 0 amide bonds. The number of rotatable bonds is 7. The second-order valence-corrected chi connectivity index (χ2v) is 8.05. The van der Waals surface area contributed by atoms with Gasteiger partial charge in [-0.1, -0.05) is 36.5 Å². The Morgan fingerprint density at radius 1 is 1.33 bits per heavy atom. The molecule has 0 spiro atoms. The highest BCUT2D eigenvalue weighted by molar-refractivity contribution is 7.85. The third-order valence-corrected chi connectivity index (χ3v) is 6.24. The lowest BCUT2D eigenvalue weighted by atomic mass is 10.0. The Kier molecular flexibility index (Phi) is 7.00. The average Bonchev–Trinajstić information content (AvgIpc) is 2.92. The van der Waals surface area contributed by atoms with E-state index in [0.717, 1.165) is 19.4 Å². The molecule has 2 nitrogen and oxygen atoms in total. The molecule has 1 aromatic rings. The van der Waals surface area contributed by atoms with Crippen LogP contribution in [0.25, 0.3) is 0 Å². The monoisotopic (exact) mass is 347 g/mol. The number of benzene rings is 1. The van der Waals surface area contributed by atoms with Gasteiger partial charge in [-0.05, 0) is 56.3 Å². The maximum absolute atomic E-state index is 12.4. The lowest BCUT2D eigenvalue weighted by molar-refractivity contribution is 0.393. The molecule has 1 aromatic carbocycles. The van der Waals surface area contributed by atoms with Crippen molar-refractivity contribution in [2.45, 2.75) is 50.0 Å². The molecule has 1 saturated carbocycles. The maximum atomic E-state index is 12.4. The van der Waals surface area contributed by atoms with Gasteiger partial charge in [0.15, 0.2) is 0 Å². The molecule has 0 aliphatic heterocycles. The molecule has 5 heteroatoms. The average molecular weight is 348 g/mol. The van der Waals surface area contributed by atoms with E-state index in [0.29, 0.717) is 32.7 Å². The van der Waals surface area contributed by atoms with Crippen LogP contribution in [-0.4, -0.2) is 22.5 Å². The van der Waals surface area contributed by atoms with Crippen molar-refractivity contribution in [3.63, 3.8) is 0 Å². The first-order valence-corrected chi connectivity index (χ1v) is 9.76. The second kappa shape index (κ2) is 8.52. The van der Waals surface area contributed by atoms with Gasteiger partial charge in [-0.15, -0.1) is 0 Å². The van der Waals surface area contributed by atoms with Gasteiger partial charge >= 0.3 is 0 Å². The molecule has 0 radical (unpaired) electrons. The molecular formula is C16H23Cl2NOS. The summed E-state index contributed by atoms with van der Waals surface area (Å²) < 4.78 is 12.4. The lowest BCUT2D eigenvalue weighted by Gasteiger charge is -2.20. The molecular weight excluding hydrogens is 325 g/mol. The number of halogens is 2. The predicted molar refractivity (Wildman–Crippen MR) is 91.8 cm³/mol. The van der Waals surface area contributed by atoms with Crippen LogP contribution in [0.5, 0.6) is 0 Å². The quantitative estimate of drug-likeness (QED) is 0.776. The van der Waals surface area contributed by atoms with Gasteiger partial charge in [0.1, 0.15) is 0 Å². The predicted octanol–water partition coefficient (Wildman–Crippen LogP) is 4.66. The Hall–Kier alpha value is -0.0900. The second-order valence-electron chi connectivity index (χ2n) is 5.66. The van der Waals surface area contributed by atoms with Crippen molar-refractivity contribution in [3.8, 4) is 0 Å². The van der Waals surface area contributed by atoms with E-state index in [1.807, 2.05) is 0 Å². The molecule has 3 unspecified atom stereocenters. The Morgan fingerprint density at radius 2 is 2.14 bits per heavy atom. The van der Waals surface area contributed by atoms with Gasteiger partial charge in [-0.25, -0.2) is 0 Å². The van der Waals surface area contributed by atoms with Gasteiger partial charge in [-0.2, -0.15) is 0 Å². The summed E-state index contributed by atoms with van der Waals surface area (Å²) in [5, 5.41) is 4.75. The SMILES string of the molecule is CCCNC1CCCC1CCS(=O)c1cc(Cl)ccc1Cl. The van der Waals surface area contributed by atoms with Gasteiger partial charge in [0.05, 0.1) is 20.7 Å². The van der Waals surface area contributed by atoms with Crippen LogP contribution < -0.4 is 5.32 Å². The highest BCUT2D eigenvalue weighted by Crippen LogP contribution is 2.30. The summed E-state index contributed by atoms with van der Waals surface area (Å²) in [5.41, 5.74) is 0. The minimum atomic E-state index is -1.07. The Balaban J connectivity index is 1.90. The normalized spacial score (nSPS) is 23.4. The van der Waals surface area contributed by atoms with Crippen LogP contribution in [0.4, 0.5) is 0 Å². The molecule has 1 aliphatic rings. The fraction of sp³-hybridized carbons (Fsp3) is 0.625. The molecule has 0 aromatic heterocycles. The van der Waals surface area contributed by atoms with Crippen molar-refractivity contribution in [3.05, 3.63) is 28.2 Å². The number of nitrogens with one attached hydrogen (secondary N) is 1. The van der Waals surface area contributed by atoms with Crippen LogP contribution in [0.15, 0.2) is 23.1 Å². The Morgan fingerprint density at radius 3 is 2.90 bits per heavy atom. The Bertz CT molecular complexity index is 495.